The van der Waals surface area contributed by atoms with Gasteiger partial charge in [0.1, 0.15) is 5.01 Å². The number of nitrogens with zero attached hydrogens (tertiary/aromatic N) is 1. The van der Waals surface area contributed by atoms with Crippen LogP contribution in [-0.2, 0) is 6.54 Å². The van der Waals surface area contributed by atoms with Gasteiger partial charge in [-0.05, 0) is 87.4 Å². The standard InChI is InChI=1S/C26H28N2O2S/c1-5-29-24-15-19(7-13-23(24)30-17(2)3)16-27-21-10-8-20(9-11-21)26-28-22-12-6-18(4)14-25(22)31-26/h6-15,17,27H,5,16H2,1-4H3. The lowest BCUT2D eigenvalue weighted by Crippen LogP contribution is -2.08. The van der Waals surface area contributed by atoms with Gasteiger partial charge >= 0.3 is 0 Å². The van der Waals surface area contributed by atoms with Crippen LogP contribution in [0.25, 0.3) is 20.8 Å². The van der Waals surface area contributed by atoms with Gasteiger partial charge in [0.2, 0.25) is 0 Å². The maximum atomic E-state index is 5.85. The summed E-state index contributed by atoms with van der Waals surface area (Å²) < 4.78 is 12.8. The van der Waals surface area contributed by atoms with Crippen molar-refractivity contribution in [1.82, 2.24) is 4.98 Å². The van der Waals surface area contributed by atoms with E-state index in [1.807, 2.05) is 32.9 Å². The van der Waals surface area contributed by atoms with Gasteiger partial charge in [-0.2, -0.15) is 0 Å². The highest BCUT2D eigenvalue weighted by molar-refractivity contribution is 7.21. The van der Waals surface area contributed by atoms with E-state index in [1.54, 1.807) is 11.3 Å². The van der Waals surface area contributed by atoms with E-state index in [1.165, 1.54) is 10.3 Å². The molecule has 3 aromatic carbocycles. The van der Waals surface area contributed by atoms with Crippen LogP contribution in [0.4, 0.5) is 5.69 Å². The first-order valence-electron chi connectivity index (χ1n) is 10.7. The number of hydrogen-bond acceptors (Lipinski definition) is 5. The second kappa shape index (κ2) is 9.40. The van der Waals surface area contributed by atoms with E-state index < -0.39 is 0 Å². The third kappa shape index (κ3) is 5.17. The number of anilines is 1. The average molecular weight is 433 g/mol. The summed E-state index contributed by atoms with van der Waals surface area (Å²) in [5.74, 6) is 1.58. The van der Waals surface area contributed by atoms with Crippen molar-refractivity contribution in [1.29, 1.82) is 0 Å². The van der Waals surface area contributed by atoms with Gasteiger partial charge in [-0.15, -0.1) is 11.3 Å². The van der Waals surface area contributed by atoms with Crippen LogP contribution >= 0.6 is 11.3 Å². The Morgan fingerprint density at radius 3 is 2.52 bits per heavy atom. The van der Waals surface area contributed by atoms with Crippen LogP contribution in [0.1, 0.15) is 31.9 Å². The summed E-state index contributed by atoms with van der Waals surface area (Å²) in [5, 5.41) is 4.54. The van der Waals surface area contributed by atoms with Gasteiger partial charge in [0.05, 0.1) is 22.9 Å². The molecule has 4 aromatic rings. The minimum absolute atomic E-state index is 0.112. The quantitative estimate of drug-likeness (QED) is 0.323. The molecule has 0 aliphatic rings. The van der Waals surface area contributed by atoms with Crippen LogP contribution in [0.5, 0.6) is 11.5 Å². The van der Waals surface area contributed by atoms with E-state index in [0.717, 1.165) is 38.8 Å². The topological polar surface area (TPSA) is 43.4 Å². The van der Waals surface area contributed by atoms with E-state index >= 15 is 0 Å². The minimum atomic E-state index is 0.112. The molecular weight excluding hydrogens is 404 g/mol. The molecule has 0 amide bonds. The summed E-state index contributed by atoms with van der Waals surface area (Å²) in [5.41, 5.74) is 5.67. The number of aromatic nitrogens is 1. The number of nitrogens with one attached hydrogen (secondary N) is 1. The second-order valence-corrected chi connectivity index (χ2v) is 8.83. The van der Waals surface area contributed by atoms with Crippen molar-refractivity contribution in [2.24, 2.45) is 0 Å². The van der Waals surface area contributed by atoms with Gasteiger partial charge in [-0.25, -0.2) is 4.98 Å². The second-order valence-electron chi connectivity index (χ2n) is 7.80. The first kappa shape index (κ1) is 21.2. The molecule has 0 aliphatic heterocycles. The average Bonchev–Trinajstić information content (AvgIpc) is 3.17. The predicted molar refractivity (Wildman–Crippen MR) is 130 cm³/mol. The summed E-state index contributed by atoms with van der Waals surface area (Å²) in [6.45, 7) is 9.45. The molecule has 0 fully saturated rings. The van der Waals surface area contributed by atoms with Gasteiger partial charge < -0.3 is 14.8 Å². The number of thiazole rings is 1. The van der Waals surface area contributed by atoms with Crippen LogP contribution in [0.15, 0.2) is 60.7 Å². The first-order chi connectivity index (χ1) is 15.0. The van der Waals surface area contributed by atoms with Crippen molar-refractivity contribution in [2.45, 2.75) is 40.3 Å². The molecule has 0 saturated heterocycles. The number of benzene rings is 3. The molecule has 0 unspecified atom stereocenters. The Hall–Kier alpha value is -3.05. The summed E-state index contributed by atoms with van der Waals surface area (Å²) in [6.07, 6.45) is 0.112. The molecule has 0 spiro atoms. The number of rotatable bonds is 8. The molecule has 0 saturated carbocycles. The fourth-order valence-corrected chi connectivity index (χ4v) is 4.44. The monoisotopic (exact) mass is 432 g/mol. The van der Waals surface area contributed by atoms with Gasteiger partial charge in [0.15, 0.2) is 11.5 Å². The summed E-state index contributed by atoms with van der Waals surface area (Å²) in [7, 11) is 0. The molecule has 1 heterocycles. The molecule has 0 atom stereocenters. The zero-order valence-electron chi connectivity index (χ0n) is 18.4. The lowest BCUT2D eigenvalue weighted by Gasteiger charge is -2.16. The van der Waals surface area contributed by atoms with Crippen molar-refractivity contribution in [2.75, 3.05) is 11.9 Å². The van der Waals surface area contributed by atoms with Crippen LogP contribution in [0.3, 0.4) is 0 Å². The van der Waals surface area contributed by atoms with Gasteiger partial charge in [0, 0.05) is 17.8 Å². The number of hydrogen-bond donors (Lipinski definition) is 1. The highest BCUT2D eigenvalue weighted by Crippen LogP contribution is 2.32. The van der Waals surface area contributed by atoms with E-state index in [2.05, 4.69) is 60.8 Å². The molecule has 4 nitrogen and oxygen atoms in total. The van der Waals surface area contributed by atoms with Crippen LogP contribution < -0.4 is 14.8 Å². The summed E-state index contributed by atoms with van der Waals surface area (Å²) in [4.78, 5) is 4.78. The van der Waals surface area contributed by atoms with Crippen LogP contribution in [-0.4, -0.2) is 17.7 Å². The molecular formula is C26H28N2O2S. The summed E-state index contributed by atoms with van der Waals surface area (Å²) >= 11 is 1.73. The Bertz CT molecular complexity index is 1170. The van der Waals surface area contributed by atoms with Gasteiger partial charge in [-0.3, -0.25) is 0 Å². The fourth-order valence-electron chi connectivity index (χ4n) is 3.37. The van der Waals surface area contributed by atoms with Crippen molar-refractivity contribution in [3.63, 3.8) is 0 Å². The third-order valence-electron chi connectivity index (χ3n) is 4.84. The Labute approximate surface area is 187 Å². The molecule has 0 aliphatic carbocycles. The van der Waals surface area contributed by atoms with Crippen molar-refractivity contribution >= 4 is 27.2 Å². The van der Waals surface area contributed by atoms with Crippen molar-refractivity contribution < 1.29 is 9.47 Å². The Balaban J connectivity index is 1.44. The highest BCUT2D eigenvalue weighted by Gasteiger charge is 2.09. The van der Waals surface area contributed by atoms with E-state index in [9.17, 15) is 0 Å². The van der Waals surface area contributed by atoms with E-state index in [4.69, 9.17) is 14.5 Å². The number of ether oxygens (including phenoxy) is 2. The normalized spacial score (nSPS) is 11.1. The van der Waals surface area contributed by atoms with Gasteiger partial charge in [-0.1, -0.05) is 12.1 Å². The van der Waals surface area contributed by atoms with Crippen LogP contribution in [0.2, 0.25) is 0 Å². The van der Waals surface area contributed by atoms with Crippen LogP contribution in [0, 0.1) is 6.92 Å². The zero-order valence-corrected chi connectivity index (χ0v) is 19.3. The zero-order chi connectivity index (χ0) is 21.8. The lowest BCUT2D eigenvalue weighted by molar-refractivity contribution is 0.223. The summed E-state index contributed by atoms with van der Waals surface area (Å²) in [6, 6.07) is 21.0. The first-order valence-corrected chi connectivity index (χ1v) is 11.5. The molecule has 31 heavy (non-hydrogen) atoms. The molecule has 1 N–H and O–H groups in total. The van der Waals surface area contributed by atoms with Crippen molar-refractivity contribution in [3.05, 3.63) is 71.8 Å². The smallest absolute Gasteiger partial charge is 0.161 e. The fraction of sp³-hybridized carbons (Fsp3) is 0.269. The lowest BCUT2D eigenvalue weighted by atomic mass is 10.1. The SMILES string of the molecule is CCOc1cc(CNc2ccc(-c3nc4ccc(C)cc4s3)cc2)ccc1OC(C)C. The van der Waals surface area contributed by atoms with Crippen molar-refractivity contribution in [3.8, 4) is 22.1 Å². The third-order valence-corrected chi connectivity index (χ3v) is 5.91. The number of aryl methyl sites for hydroxylation is 1. The van der Waals surface area contributed by atoms with E-state index in [-0.39, 0.29) is 6.10 Å². The number of fused-ring (bicyclic) bond motifs is 1. The minimum Gasteiger partial charge on any atom is -0.490 e. The maximum Gasteiger partial charge on any atom is 0.161 e. The Morgan fingerprint density at radius 1 is 0.968 bits per heavy atom. The molecule has 5 heteroatoms. The Kier molecular flexibility index (Phi) is 6.42. The predicted octanol–water partition coefficient (Wildman–Crippen LogP) is 7.07. The highest BCUT2D eigenvalue weighted by atomic mass is 32.1. The molecule has 1 aromatic heterocycles. The molecule has 0 radical (unpaired) electrons. The van der Waals surface area contributed by atoms with E-state index in [0.29, 0.717) is 13.2 Å². The molecule has 0 bridgehead atoms. The Morgan fingerprint density at radius 2 is 1.77 bits per heavy atom. The molecule has 4 rings (SSSR count). The largest absolute Gasteiger partial charge is 0.490 e. The van der Waals surface area contributed by atoms with Gasteiger partial charge in [0.25, 0.3) is 0 Å². The molecule has 160 valence electrons. The maximum absolute atomic E-state index is 5.85.